The minimum atomic E-state index is -4.61. The van der Waals surface area contributed by atoms with E-state index in [0.717, 1.165) is 16.7 Å². The Bertz CT molecular complexity index is 910. The molecule has 2 aromatic rings. The van der Waals surface area contributed by atoms with Crippen molar-refractivity contribution in [2.75, 3.05) is 11.4 Å². The van der Waals surface area contributed by atoms with Crippen molar-refractivity contribution in [1.29, 1.82) is 0 Å². The molecule has 0 aliphatic carbocycles. The fourth-order valence-corrected chi connectivity index (χ4v) is 3.89. The molecule has 0 bridgehead atoms. The lowest BCUT2D eigenvalue weighted by molar-refractivity contribution is -0.197. The monoisotopic (exact) mass is 374 g/mol. The summed E-state index contributed by atoms with van der Waals surface area (Å²) in [5.74, 6) is -4.59. The van der Waals surface area contributed by atoms with Crippen molar-refractivity contribution in [2.45, 2.75) is 19.1 Å². The van der Waals surface area contributed by atoms with E-state index in [1.54, 1.807) is 12.1 Å². The molecule has 2 aromatic carbocycles. The fraction of sp³-hybridized carbons (Fsp3) is 0.300. The van der Waals surface area contributed by atoms with E-state index in [4.69, 9.17) is 0 Å². The van der Waals surface area contributed by atoms with E-state index < -0.39 is 36.2 Å². The minimum absolute atomic E-state index is 0.209. The maximum absolute atomic E-state index is 13.5. The van der Waals surface area contributed by atoms with Gasteiger partial charge in [0.2, 0.25) is 11.8 Å². The zero-order valence-electron chi connectivity index (χ0n) is 14.3. The average molecular weight is 374 g/mol. The lowest BCUT2D eigenvalue weighted by Crippen LogP contribution is -2.53. The molecule has 2 aliphatic heterocycles. The van der Waals surface area contributed by atoms with Gasteiger partial charge in [-0.05, 0) is 17.2 Å². The quantitative estimate of drug-likeness (QED) is 0.831. The molecule has 1 N–H and O–H groups in total. The predicted molar refractivity (Wildman–Crippen MR) is 93.7 cm³/mol. The van der Waals surface area contributed by atoms with Gasteiger partial charge in [-0.25, -0.2) is 0 Å². The lowest BCUT2D eigenvalue weighted by atomic mass is 9.83. The van der Waals surface area contributed by atoms with Crippen molar-refractivity contribution in [3.05, 3.63) is 54.1 Å². The molecule has 4 rings (SSSR count). The molecule has 27 heavy (non-hydrogen) atoms. The van der Waals surface area contributed by atoms with Crippen LogP contribution in [0.2, 0.25) is 0 Å². The molecular weight excluding hydrogens is 357 g/mol. The molecule has 4 nitrogen and oxygen atoms in total. The Hall–Kier alpha value is -2.83. The van der Waals surface area contributed by atoms with Gasteiger partial charge in [0.25, 0.3) is 0 Å². The first-order chi connectivity index (χ1) is 12.9. The molecular formula is C20H17F3N2O2. The maximum Gasteiger partial charge on any atom is 0.393 e. The number of nitrogens with one attached hydrogen (secondary N) is 1. The summed E-state index contributed by atoms with van der Waals surface area (Å²) in [6.45, 7) is -0.0940. The summed E-state index contributed by atoms with van der Waals surface area (Å²) in [5.41, 5.74) is 3.27. The van der Waals surface area contributed by atoms with E-state index in [9.17, 15) is 22.8 Å². The summed E-state index contributed by atoms with van der Waals surface area (Å²) in [7, 11) is 0. The van der Waals surface area contributed by atoms with Crippen LogP contribution in [0.4, 0.5) is 18.9 Å². The summed E-state index contributed by atoms with van der Waals surface area (Å²) in [6.07, 6.45) is -5.32. The number of carbonyl (C=O) groups excluding carboxylic acids is 2. The number of hydrogen-bond donors (Lipinski definition) is 1. The van der Waals surface area contributed by atoms with E-state index in [1.165, 1.54) is 4.90 Å². The SMILES string of the molecule is O=C1CC(C(F)(F)F)C(C(=O)N2Cc3ccccc3-c3ccccc32)CN1. The highest BCUT2D eigenvalue weighted by Crippen LogP contribution is 2.42. The van der Waals surface area contributed by atoms with E-state index in [2.05, 4.69) is 5.32 Å². The lowest BCUT2D eigenvalue weighted by Gasteiger charge is -2.38. The normalized spacial score (nSPS) is 21.9. The molecule has 0 spiro atoms. The van der Waals surface area contributed by atoms with Gasteiger partial charge in [0.15, 0.2) is 0 Å². The molecule has 1 fully saturated rings. The van der Waals surface area contributed by atoms with Crippen LogP contribution in [0, 0.1) is 11.8 Å². The Morgan fingerprint density at radius 1 is 1.04 bits per heavy atom. The van der Waals surface area contributed by atoms with Gasteiger partial charge in [0, 0.05) is 18.5 Å². The Morgan fingerprint density at radius 2 is 1.70 bits per heavy atom. The van der Waals surface area contributed by atoms with Crippen molar-refractivity contribution in [3.8, 4) is 11.1 Å². The van der Waals surface area contributed by atoms with Crippen LogP contribution in [0.15, 0.2) is 48.5 Å². The zero-order chi connectivity index (χ0) is 19.2. The molecule has 0 saturated carbocycles. The van der Waals surface area contributed by atoms with E-state index in [1.807, 2.05) is 36.4 Å². The first kappa shape index (κ1) is 17.6. The first-order valence-electron chi connectivity index (χ1n) is 8.68. The van der Waals surface area contributed by atoms with Crippen LogP contribution >= 0.6 is 0 Å². The molecule has 2 unspecified atom stereocenters. The van der Waals surface area contributed by atoms with Gasteiger partial charge < -0.3 is 10.2 Å². The second-order valence-electron chi connectivity index (χ2n) is 6.86. The summed E-state index contributed by atoms with van der Waals surface area (Å²) < 4.78 is 40.4. The summed E-state index contributed by atoms with van der Waals surface area (Å²) in [6, 6.07) is 14.7. The summed E-state index contributed by atoms with van der Waals surface area (Å²) >= 11 is 0. The van der Waals surface area contributed by atoms with Crippen LogP contribution in [-0.4, -0.2) is 24.5 Å². The second-order valence-corrected chi connectivity index (χ2v) is 6.86. The highest BCUT2D eigenvalue weighted by Gasteiger charge is 2.51. The van der Waals surface area contributed by atoms with Crippen LogP contribution in [0.3, 0.4) is 0 Å². The van der Waals surface area contributed by atoms with E-state index in [-0.39, 0.29) is 13.1 Å². The van der Waals surface area contributed by atoms with Crippen molar-refractivity contribution >= 4 is 17.5 Å². The third kappa shape index (κ3) is 3.07. The Balaban J connectivity index is 1.73. The number of piperidine rings is 1. The Morgan fingerprint density at radius 3 is 2.44 bits per heavy atom. The number of fused-ring (bicyclic) bond motifs is 3. The van der Waals surface area contributed by atoms with Crippen LogP contribution in [0.5, 0.6) is 0 Å². The van der Waals surface area contributed by atoms with Crippen LogP contribution < -0.4 is 10.2 Å². The highest BCUT2D eigenvalue weighted by molar-refractivity contribution is 6.02. The van der Waals surface area contributed by atoms with Crippen molar-refractivity contribution < 1.29 is 22.8 Å². The predicted octanol–water partition coefficient (Wildman–Crippen LogP) is 3.51. The van der Waals surface area contributed by atoms with Crippen molar-refractivity contribution in [2.24, 2.45) is 11.8 Å². The van der Waals surface area contributed by atoms with Gasteiger partial charge in [-0.1, -0.05) is 42.5 Å². The van der Waals surface area contributed by atoms with Crippen LogP contribution in [-0.2, 0) is 16.1 Å². The first-order valence-corrected chi connectivity index (χ1v) is 8.68. The molecule has 2 heterocycles. The number of para-hydroxylation sites is 1. The molecule has 0 aromatic heterocycles. The smallest absolute Gasteiger partial charge is 0.355 e. The number of alkyl halides is 3. The third-order valence-electron chi connectivity index (χ3n) is 5.24. The maximum atomic E-state index is 13.5. The average Bonchev–Trinajstić information content (AvgIpc) is 2.66. The number of halogens is 3. The topological polar surface area (TPSA) is 49.4 Å². The molecule has 0 radical (unpaired) electrons. The number of rotatable bonds is 1. The van der Waals surface area contributed by atoms with Gasteiger partial charge in [-0.15, -0.1) is 0 Å². The number of amides is 2. The highest BCUT2D eigenvalue weighted by atomic mass is 19.4. The van der Waals surface area contributed by atoms with Crippen LogP contribution in [0.25, 0.3) is 11.1 Å². The van der Waals surface area contributed by atoms with Crippen molar-refractivity contribution in [3.63, 3.8) is 0 Å². The largest absolute Gasteiger partial charge is 0.393 e. The third-order valence-corrected chi connectivity index (χ3v) is 5.24. The van der Waals surface area contributed by atoms with Crippen LogP contribution in [0.1, 0.15) is 12.0 Å². The second kappa shape index (κ2) is 6.40. The Labute approximate surface area is 154 Å². The number of benzene rings is 2. The molecule has 7 heteroatoms. The summed E-state index contributed by atoms with van der Waals surface area (Å²) in [5, 5.41) is 2.41. The van der Waals surface area contributed by atoms with Crippen molar-refractivity contribution in [1.82, 2.24) is 5.32 Å². The number of carbonyl (C=O) groups is 2. The van der Waals surface area contributed by atoms with E-state index in [0.29, 0.717) is 5.69 Å². The standard InChI is InChI=1S/C20H17F3N2O2/c21-20(22,23)16-9-18(26)24-10-15(16)19(27)25-11-12-5-1-2-6-13(12)14-7-3-4-8-17(14)25/h1-8,15-16H,9-11H2,(H,24,26). The minimum Gasteiger partial charge on any atom is -0.355 e. The molecule has 2 atom stereocenters. The van der Waals surface area contributed by atoms with Gasteiger partial charge in [0.05, 0.1) is 24.1 Å². The number of nitrogens with zero attached hydrogens (tertiary/aromatic N) is 1. The molecule has 140 valence electrons. The van der Waals surface area contributed by atoms with E-state index >= 15 is 0 Å². The number of hydrogen-bond acceptors (Lipinski definition) is 2. The van der Waals surface area contributed by atoms with Gasteiger partial charge in [-0.3, -0.25) is 9.59 Å². The summed E-state index contributed by atoms with van der Waals surface area (Å²) in [4.78, 5) is 26.1. The van der Waals surface area contributed by atoms with Gasteiger partial charge in [0.1, 0.15) is 0 Å². The zero-order valence-corrected chi connectivity index (χ0v) is 14.3. The number of anilines is 1. The van der Waals surface area contributed by atoms with Gasteiger partial charge in [-0.2, -0.15) is 13.2 Å². The Kier molecular flexibility index (Phi) is 4.17. The molecule has 1 saturated heterocycles. The molecule has 2 aliphatic rings. The van der Waals surface area contributed by atoms with Gasteiger partial charge >= 0.3 is 6.18 Å². The fourth-order valence-electron chi connectivity index (χ4n) is 3.89. The molecule has 2 amide bonds.